The van der Waals surface area contributed by atoms with Crippen molar-refractivity contribution in [2.24, 2.45) is 0 Å². The van der Waals surface area contributed by atoms with Crippen LogP contribution in [0.15, 0.2) is 18.2 Å². The van der Waals surface area contributed by atoms with Crippen LogP contribution in [0, 0.1) is 5.82 Å². The minimum Gasteiger partial charge on any atom is -0.469 e. The van der Waals surface area contributed by atoms with Crippen molar-refractivity contribution < 1.29 is 13.9 Å². The molecule has 1 aromatic carbocycles. The minimum absolute atomic E-state index is 0.0428. The molecule has 78 valence electrons. The Morgan fingerprint density at radius 1 is 1.47 bits per heavy atom. The summed E-state index contributed by atoms with van der Waals surface area (Å²) < 4.78 is 18.5. The van der Waals surface area contributed by atoms with Crippen LogP contribution in [-0.4, -0.2) is 23.6 Å². The number of hydrogen-bond donors (Lipinski definition) is 0. The van der Waals surface area contributed by atoms with Gasteiger partial charge in [0, 0.05) is 19.0 Å². The molecule has 0 aromatic heterocycles. The maximum Gasteiger partial charge on any atom is 0.260 e. The van der Waals surface area contributed by atoms with Gasteiger partial charge < -0.3 is 9.64 Å². The molecule has 3 rings (SSSR count). The predicted molar refractivity (Wildman–Crippen MR) is 51.1 cm³/mol. The van der Waals surface area contributed by atoms with Gasteiger partial charge in [0.2, 0.25) is 0 Å². The Morgan fingerprint density at radius 3 is 3.20 bits per heavy atom. The van der Waals surface area contributed by atoms with E-state index in [9.17, 15) is 9.18 Å². The molecule has 1 saturated heterocycles. The minimum atomic E-state index is -0.368. The quantitative estimate of drug-likeness (QED) is 0.649. The molecule has 0 saturated carbocycles. The smallest absolute Gasteiger partial charge is 0.260 e. The maximum atomic E-state index is 13.0. The lowest BCUT2D eigenvalue weighted by atomic mass is 10.1. The van der Waals surface area contributed by atoms with E-state index < -0.39 is 0 Å². The summed E-state index contributed by atoms with van der Waals surface area (Å²) in [5.41, 5.74) is 0.467. The summed E-state index contributed by atoms with van der Waals surface area (Å²) in [6.07, 6.45) is 1.60. The number of hydrogen-bond acceptors (Lipinski definition) is 2. The van der Waals surface area contributed by atoms with E-state index in [4.69, 9.17) is 4.74 Å². The summed E-state index contributed by atoms with van der Waals surface area (Å²) in [6.45, 7) is 0.736. The third-order valence-electron chi connectivity index (χ3n) is 2.90. The van der Waals surface area contributed by atoms with Gasteiger partial charge >= 0.3 is 0 Å². The second-order valence-electron chi connectivity index (χ2n) is 3.85. The highest BCUT2D eigenvalue weighted by molar-refractivity contribution is 5.98. The van der Waals surface area contributed by atoms with Crippen molar-refractivity contribution in [3.8, 4) is 5.75 Å². The Morgan fingerprint density at radius 2 is 2.33 bits per heavy atom. The molecule has 4 heteroatoms. The number of rotatable bonds is 0. The Bertz CT molecular complexity index is 433. The van der Waals surface area contributed by atoms with Crippen LogP contribution in [0.2, 0.25) is 0 Å². The molecule has 0 N–H and O–H groups in total. The van der Waals surface area contributed by atoms with Gasteiger partial charge in [-0.25, -0.2) is 4.39 Å². The molecule has 1 atom stereocenters. The first-order chi connectivity index (χ1) is 7.25. The number of fused-ring (bicyclic) bond motifs is 2. The van der Waals surface area contributed by atoms with E-state index in [0.717, 1.165) is 19.4 Å². The molecule has 0 spiro atoms. The van der Waals surface area contributed by atoms with Gasteiger partial charge in [0.15, 0.2) is 6.23 Å². The van der Waals surface area contributed by atoms with Gasteiger partial charge in [-0.2, -0.15) is 0 Å². The molecule has 1 aromatic rings. The van der Waals surface area contributed by atoms with Crippen LogP contribution in [0.3, 0.4) is 0 Å². The van der Waals surface area contributed by atoms with Crippen LogP contribution in [0.4, 0.5) is 4.39 Å². The van der Waals surface area contributed by atoms with Crippen LogP contribution in [0.5, 0.6) is 5.75 Å². The van der Waals surface area contributed by atoms with Crippen LogP contribution < -0.4 is 4.74 Å². The van der Waals surface area contributed by atoms with Gasteiger partial charge in [0.1, 0.15) is 11.6 Å². The van der Waals surface area contributed by atoms with Crippen LogP contribution >= 0.6 is 0 Å². The average Bonchev–Trinajstić information content (AvgIpc) is 2.65. The number of amides is 1. The van der Waals surface area contributed by atoms with Crippen LogP contribution in [0.1, 0.15) is 23.2 Å². The van der Waals surface area contributed by atoms with E-state index in [1.807, 2.05) is 0 Å². The molecule has 2 heterocycles. The van der Waals surface area contributed by atoms with Crippen LogP contribution in [-0.2, 0) is 0 Å². The highest BCUT2D eigenvalue weighted by Crippen LogP contribution is 2.32. The van der Waals surface area contributed by atoms with Crippen molar-refractivity contribution in [2.75, 3.05) is 6.54 Å². The fraction of sp³-hybridized carbons (Fsp3) is 0.364. The second-order valence-corrected chi connectivity index (χ2v) is 3.85. The van der Waals surface area contributed by atoms with Crippen molar-refractivity contribution in [3.05, 3.63) is 29.6 Å². The third kappa shape index (κ3) is 1.21. The van der Waals surface area contributed by atoms with E-state index in [0.29, 0.717) is 11.3 Å². The molecule has 0 aliphatic carbocycles. The monoisotopic (exact) mass is 207 g/mol. The number of benzene rings is 1. The molecule has 1 fully saturated rings. The Kier molecular flexibility index (Phi) is 1.71. The van der Waals surface area contributed by atoms with E-state index in [1.54, 1.807) is 4.90 Å². The zero-order chi connectivity index (χ0) is 10.4. The lowest BCUT2D eigenvalue weighted by molar-refractivity contribution is 0.0292. The van der Waals surface area contributed by atoms with E-state index >= 15 is 0 Å². The fourth-order valence-electron chi connectivity index (χ4n) is 2.16. The van der Waals surface area contributed by atoms with Crippen LogP contribution in [0.25, 0.3) is 0 Å². The topological polar surface area (TPSA) is 29.5 Å². The number of nitrogens with zero attached hydrogens (tertiary/aromatic N) is 1. The first-order valence-electron chi connectivity index (χ1n) is 5.03. The van der Waals surface area contributed by atoms with Gasteiger partial charge in [-0.3, -0.25) is 4.79 Å². The molecular weight excluding hydrogens is 197 g/mol. The van der Waals surface area contributed by atoms with Gasteiger partial charge in [-0.05, 0) is 18.6 Å². The van der Waals surface area contributed by atoms with E-state index in [2.05, 4.69) is 0 Å². The molecule has 0 bridgehead atoms. The Labute approximate surface area is 86.4 Å². The number of ether oxygens (including phenoxy) is 1. The highest BCUT2D eigenvalue weighted by Gasteiger charge is 2.36. The second kappa shape index (κ2) is 2.95. The predicted octanol–water partition coefficient (Wildman–Crippen LogP) is 1.78. The largest absolute Gasteiger partial charge is 0.469 e. The summed E-state index contributed by atoms with van der Waals surface area (Å²) in [5, 5.41) is 0. The van der Waals surface area contributed by atoms with Crippen molar-refractivity contribution in [1.29, 1.82) is 0 Å². The SMILES string of the molecule is O=C1c2ccc(F)cc2OC2CCCN12. The van der Waals surface area contributed by atoms with Crippen molar-refractivity contribution in [1.82, 2.24) is 4.90 Å². The molecule has 2 aliphatic heterocycles. The van der Waals surface area contributed by atoms with Gasteiger partial charge in [-0.1, -0.05) is 0 Å². The summed E-state index contributed by atoms with van der Waals surface area (Å²) in [7, 11) is 0. The highest BCUT2D eigenvalue weighted by atomic mass is 19.1. The molecule has 1 amide bonds. The number of halogens is 1. The third-order valence-corrected chi connectivity index (χ3v) is 2.90. The molecule has 2 aliphatic rings. The molecular formula is C11H10FNO2. The number of carbonyl (C=O) groups excluding carboxylic acids is 1. The zero-order valence-electron chi connectivity index (χ0n) is 8.07. The zero-order valence-corrected chi connectivity index (χ0v) is 8.07. The fourth-order valence-corrected chi connectivity index (χ4v) is 2.16. The van der Waals surface area contributed by atoms with Gasteiger partial charge in [0.05, 0.1) is 5.56 Å². The van der Waals surface area contributed by atoms with E-state index in [-0.39, 0.29) is 18.0 Å². The molecule has 1 unspecified atom stereocenters. The molecule has 15 heavy (non-hydrogen) atoms. The summed E-state index contributed by atoms with van der Waals surface area (Å²) in [6, 6.07) is 4.06. The lowest BCUT2D eigenvalue weighted by Gasteiger charge is -2.31. The maximum absolute atomic E-state index is 13.0. The summed E-state index contributed by atoms with van der Waals surface area (Å²) >= 11 is 0. The average molecular weight is 207 g/mol. The first kappa shape index (κ1) is 8.71. The Balaban J connectivity index is 2.08. The standard InChI is InChI=1S/C11H10FNO2/c12-7-3-4-8-9(6-7)15-10-2-1-5-13(10)11(8)14/h3-4,6,10H,1-2,5H2. The first-order valence-corrected chi connectivity index (χ1v) is 5.03. The van der Waals surface area contributed by atoms with E-state index in [1.165, 1.54) is 18.2 Å². The van der Waals surface area contributed by atoms with Crippen molar-refractivity contribution >= 4 is 5.91 Å². The van der Waals surface area contributed by atoms with Crippen molar-refractivity contribution in [3.63, 3.8) is 0 Å². The number of carbonyl (C=O) groups is 1. The molecule has 0 radical (unpaired) electrons. The van der Waals surface area contributed by atoms with Crippen molar-refractivity contribution in [2.45, 2.75) is 19.1 Å². The lowest BCUT2D eigenvalue weighted by Crippen LogP contribution is -2.42. The summed E-state index contributed by atoms with van der Waals surface area (Å²) in [5.74, 6) is -0.0325. The van der Waals surface area contributed by atoms with Gasteiger partial charge in [0.25, 0.3) is 5.91 Å². The molecule has 3 nitrogen and oxygen atoms in total. The normalized spacial score (nSPS) is 23.4. The summed E-state index contributed by atoms with van der Waals surface area (Å²) in [4.78, 5) is 13.6. The van der Waals surface area contributed by atoms with Gasteiger partial charge in [-0.15, -0.1) is 0 Å². The Hall–Kier alpha value is -1.58.